The van der Waals surface area contributed by atoms with E-state index in [0.717, 1.165) is 51.4 Å². The van der Waals surface area contributed by atoms with Crippen LogP contribution in [0.15, 0.2) is 36.5 Å². The summed E-state index contributed by atoms with van der Waals surface area (Å²) in [6, 6.07) is -1.18. The molecule has 1 aliphatic rings. The van der Waals surface area contributed by atoms with Gasteiger partial charge < -0.3 is 50.5 Å². The number of nitrogens with one attached hydrogen (secondary N) is 1. The zero-order chi connectivity index (χ0) is 43.4. The van der Waals surface area contributed by atoms with Crippen LogP contribution in [0.5, 0.6) is 0 Å². The molecule has 11 heteroatoms. The molecule has 1 saturated heterocycles. The Balaban J connectivity index is 2.25. The number of carbonyl (C=O) groups excluding carboxylic acids is 1. The first-order valence-corrected chi connectivity index (χ1v) is 23.9. The highest BCUT2D eigenvalue weighted by atomic mass is 16.7. The van der Waals surface area contributed by atoms with Crippen molar-refractivity contribution in [3.05, 3.63) is 36.5 Å². The van der Waals surface area contributed by atoms with Crippen molar-refractivity contribution in [3.63, 3.8) is 0 Å². The van der Waals surface area contributed by atoms with Crippen molar-refractivity contribution in [1.29, 1.82) is 0 Å². The number of aliphatic hydroxyl groups excluding tert-OH is 7. The molecular formula is C48H89NO10. The van der Waals surface area contributed by atoms with Crippen LogP contribution in [0.25, 0.3) is 0 Å². The van der Waals surface area contributed by atoms with Crippen LogP contribution in [0.4, 0.5) is 0 Å². The standard InChI is InChI=1S/C48H89NO10/c1-3-5-7-9-11-12-13-14-15-16-17-18-19-20-21-22-23-24-25-26-27-28-29-30-32-34-36-41(52)47(57)49-39(43(53)40(51)35-33-31-10-8-6-4-2)38-58-48-46(56)45(55)44(54)42(37-50)59-48/h8,10,17-18,20-21,39-46,48,50-56H,3-7,9,11-16,19,22-38H2,1-2H3,(H,49,57)/b10-8+,18-17-,21-20-. The summed E-state index contributed by atoms with van der Waals surface area (Å²) in [6.45, 7) is 3.28. The minimum atomic E-state index is -1.67. The van der Waals surface area contributed by atoms with Gasteiger partial charge in [-0.3, -0.25) is 4.79 Å². The second-order valence-electron chi connectivity index (χ2n) is 16.8. The van der Waals surface area contributed by atoms with E-state index in [1.807, 2.05) is 6.08 Å². The number of unbranched alkanes of at least 4 members (excludes halogenated alkanes) is 21. The smallest absolute Gasteiger partial charge is 0.249 e. The zero-order valence-corrected chi connectivity index (χ0v) is 37.2. The van der Waals surface area contributed by atoms with Gasteiger partial charge in [0.25, 0.3) is 0 Å². The van der Waals surface area contributed by atoms with Gasteiger partial charge in [0.2, 0.25) is 5.91 Å². The van der Waals surface area contributed by atoms with Gasteiger partial charge in [0, 0.05) is 0 Å². The maximum atomic E-state index is 13.0. The molecule has 0 aromatic heterocycles. The lowest BCUT2D eigenvalue weighted by molar-refractivity contribution is -0.303. The molecule has 9 unspecified atom stereocenters. The van der Waals surface area contributed by atoms with Gasteiger partial charge in [-0.25, -0.2) is 0 Å². The first-order chi connectivity index (χ1) is 28.7. The van der Waals surface area contributed by atoms with E-state index in [4.69, 9.17) is 9.47 Å². The Hall–Kier alpha value is -1.67. The highest BCUT2D eigenvalue weighted by Gasteiger charge is 2.44. The molecule has 0 bridgehead atoms. The molecular weight excluding hydrogens is 751 g/mol. The van der Waals surface area contributed by atoms with Crippen LogP contribution >= 0.6 is 0 Å². The summed E-state index contributed by atoms with van der Waals surface area (Å²) in [5.41, 5.74) is 0. The van der Waals surface area contributed by atoms with Crippen LogP contribution in [0.2, 0.25) is 0 Å². The van der Waals surface area contributed by atoms with E-state index in [-0.39, 0.29) is 12.8 Å². The Kier molecular flexibility index (Phi) is 35.7. The normalized spacial score (nSPS) is 22.1. The Morgan fingerprint density at radius 3 is 1.63 bits per heavy atom. The molecule has 0 aromatic rings. The van der Waals surface area contributed by atoms with Gasteiger partial charge in [-0.1, -0.05) is 166 Å². The van der Waals surface area contributed by atoms with Crippen LogP contribution in [0, 0.1) is 0 Å². The molecule has 0 aromatic carbocycles. The fraction of sp³-hybridized carbons (Fsp3) is 0.854. The molecule has 1 rings (SSSR count). The van der Waals surface area contributed by atoms with Crippen LogP contribution in [0.1, 0.15) is 194 Å². The van der Waals surface area contributed by atoms with Crippen molar-refractivity contribution in [2.24, 2.45) is 0 Å². The third kappa shape index (κ3) is 27.8. The molecule has 11 nitrogen and oxygen atoms in total. The van der Waals surface area contributed by atoms with E-state index < -0.39 is 74.2 Å². The maximum absolute atomic E-state index is 13.0. The predicted molar refractivity (Wildman–Crippen MR) is 238 cm³/mol. The molecule has 59 heavy (non-hydrogen) atoms. The SMILES string of the molecule is CCC/C=C/CCCC(O)C(O)C(COC1OC(CO)C(O)C(O)C1O)NC(=O)C(O)CCCCCCCCCCCC/C=C\C/C=C\CCCCCCCCCCC. The summed E-state index contributed by atoms with van der Waals surface area (Å²) in [6.07, 6.45) is 32.6. The fourth-order valence-corrected chi connectivity index (χ4v) is 7.42. The van der Waals surface area contributed by atoms with Gasteiger partial charge >= 0.3 is 0 Å². The molecule has 0 aliphatic carbocycles. The summed E-state index contributed by atoms with van der Waals surface area (Å²) >= 11 is 0. The van der Waals surface area contributed by atoms with Gasteiger partial charge in [-0.2, -0.15) is 0 Å². The first kappa shape index (κ1) is 55.3. The Labute approximate surface area is 358 Å². The number of amides is 1. The summed E-state index contributed by atoms with van der Waals surface area (Å²) in [5.74, 6) is -0.715. The van der Waals surface area contributed by atoms with Gasteiger partial charge in [-0.05, 0) is 64.2 Å². The molecule has 0 radical (unpaired) electrons. The molecule has 0 spiro atoms. The lowest BCUT2D eigenvalue weighted by atomic mass is 9.98. The second-order valence-corrected chi connectivity index (χ2v) is 16.8. The van der Waals surface area contributed by atoms with Crippen LogP contribution in [0.3, 0.4) is 0 Å². The van der Waals surface area contributed by atoms with Gasteiger partial charge in [0.05, 0.1) is 25.4 Å². The van der Waals surface area contributed by atoms with Crippen molar-refractivity contribution >= 4 is 5.91 Å². The Bertz CT molecular complexity index is 1050. The van der Waals surface area contributed by atoms with Crippen molar-refractivity contribution in [3.8, 4) is 0 Å². The fourth-order valence-electron chi connectivity index (χ4n) is 7.42. The third-order valence-electron chi connectivity index (χ3n) is 11.4. The lowest BCUT2D eigenvalue weighted by Crippen LogP contribution is -2.60. The van der Waals surface area contributed by atoms with Gasteiger partial charge in [-0.15, -0.1) is 0 Å². The van der Waals surface area contributed by atoms with Crippen LogP contribution in [-0.2, 0) is 14.3 Å². The molecule has 1 heterocycles. The van der Waals surface area contributed by atoms with E-state index in [2.05, 4.69) is 49.5 Å². The lowest BCUT2D eigenvalue weighted by Gasteiger charge is -2.40. The van der Waals surface area contributed by atoms with E-state index in [0.29, 0.717) is 12.8 Å². The van der Waals surface area contributed by atoms with E-state index >= 15 is 0 Å². The minimum absolute atomic E-state index is 0.249. The molecule has 346 valence electrons. The monoisotopic (exact) mass is 840 g/mol. The number of carbonyl (C=O) groups is 1. The summed E-state index contributed by atoms with van der Waals surface area (Å²) in [5, 5.41) is 75.1. The molecule has 8 N–H and O–H groups in total. The van der Waals surface area contributed by atoms with E-state index in [1.165, 1.54) is 103 Å². The Morgan fingerprint density at radius 1 is 0.593 bits per heavy atom. The quantitative estimate of drug-likeness (QED) is 0.0223. The largest absolute Gasteiger partial charge is 0.394 e. The van der Waals surface area contributed by atoms with Crippen molar-refractivity contribution in [2.75, 3.05) is 13.2 Å². The number of ether oxygens (including phenoxy) is 2. The van der Waals surface area contributed by atoms with Gasteiger partial charge in [0.15, 0.2) is 6.29 Å². The molecule has 1 aliphatic heterocycles. The number of rotatable bonds is 39. The molecule has 1 amide bonds. The van der Waals surface area contributed by atoms with Crippen molar-refractivity contribution in [1.82, 2.24) is 5.32 Å². The molecule has 1 fully saturated rings. The highest BCUT2D eigenvalue weighted by molar-refractivity contribution is 5.80. The van der Waals surface area contributed by atoms with Gasteiger partial charge in [0.1, 0.15) is 36.6 Å². The van der Waals surface area contributed by atoms with Crippen LogP contribution in [-0.4, -0.2) is 110 Å². The Morgan fingerprint density at radius 2 is 1.08 bits per heavy atom. The molecule has 0 saturated carbocycles. The zero-order valence-electron chi connectivity index (χ0n) is 37.2. The summed E-state index contributed by atoms with van der Waals surface area (Å²) in [7, 11) is 0. The second kappa shape index (κ2) is 38.0. The summed E-state index contributed by atoms with van der Waals surface area (Å²) in [4.78, 5) is 13.0. The number of hydrogen-bond acceptors (Lipinski definition) is 10. The van der Waals surface area contributed by atoms with Crippen LogP contribution < -0.4 is 5.32 Å². The molecule has 9 atom stereocenters. The maximum Gasteiger partial charge on any atom is 0.249 e. The summed E-state index contributed by atoms with van der Waals surface area (Å²) < 4.78 is 11.0. The van der Waals surface area contributed by atoms with Crippen molar-refractivity contribution < 1.29 is 50.0 Å². The number of allylic oxidation sites excluding steroid dienone is 6. The number of aliphatic hydroxyl groups is 7. The number of hydrogen-bond donors (Lipinski definition) is 8. The first-order valence-electron chi connectivity index (χ1n) is 23.9. The van der Waals surface area contributed by atoms with E-state index in [9.17, 15) is 40.5 Å². The van der Waals surface area contributed by atoms with E-state index in [1.54, 1.807) is 0 Å². The highest BCUT2D eigenvalue weighted by Crippen LogP contribution is 2.23. The third-order valence-corrected chi connectivity index (χ3v) is 11.4. The average molecular weight is 840 g/mol. The average Bonchev–Trinajstić information content (AvgIpc) is 3.23. The van der Waals surface area contributed by atoms with Crippen molar-refractivity contribution in [2.45, 2.75) is 249 Å². The minimum Gasteiger partial charge on any atom is -0.394 e. The predicted octanol–water partition coefficient (Wildman–Crippen LogP) is 8.00. The topological polar surface area (TPSA) is 189 Å².